The highest BCUT2D eigenvalue weighted by Crippen LogP contribution is 2.91. The molecule has 0 bridgehead atoms. The van der Waals surface area contributed by atoms with Gasteiger partial charge in [0.15, 0.2) is 0 Å². The Kier molecular flexibility index (Phi) is 4.44. The minimum atomic E-state index is -3.67. The van der Waals surface area contributed by atoms with Crippen LogP contribution in [0.2, 0.25) is 0 Å². The third-order valence-electron chi connectivity index (χ3n) is 11.5. The number of fused-ring (bicyclic) bond motifs is 3. The lowest BCUT2D eigenvalue weighted by molar-refractivity contribution is -0.527. The monoisotopic (exact) mass is 536 g/mol. The Morgan fingerprint density at radius 1 is 0.676 bits per heavy atom. The maximum atomic E-state index is 12.1. The van der Waals surface area contributed by atoms with Gasteiger partial charge in [0.05, 0.1) is 35.7 Å². The minimum absolute atomic E-state index is 0.0378. The lowest BCUT2D eigenvalue weighted by Gasteiger charge is -2.82. The van der Waals surface area contributed by atoms with E-state index in [0.717, 1.165) is 0 Å². The molecule has 15 nitrogen and oxygen atoms in total. The summed E-state index contributed by atoms with van der Waals surface area (Å²) >= 11 is 0. The quantitative estimate of drug-likeness (QED) is 0.115. The largest absolute Gasteiger partial charge is 0.393 e. The number of hydrogen-bond acceptors (Lipinski definition) is 15. The predicted molar refractivity (Wildman–Crippen MR) is 108 cm³/mol. The highest BCUT2D eigenvalue weighted by Gasteiger charge is 3.09. The fourth-order valence-corrected chi connectivity index (χ4v) is 10.4. The van der Waals surface area contributed by atoms with Gasteiger partial charge in [-0.25, -0.2) is 0 Å². The van der Waals surface area contributed by atoms with Crippen LogP contribution >= 0.6 is 0 Å². The normalized spacial score (nSPS) is 68.6. The zero-order chi connectivity index (χ0) is 27.2. The van der Waals surface area contributed by atoms with E-state index in [1.54, 1.807) is 0 Å². The number of ether oxygens (including phenoxy) is 1. The first kappa shape index (κ1) is 25.4. The molecule has 7 aliphatic rings. The molecule has 14 N–H and O–H groups in total. The third kappa shape index (κ3) is 2.22. The highest BCUT2D eigenvalue weighted by atomic mass is 16.8. The predicted octanol–water partition coefficient (Wildman–Crippen LogP) is -7.83. The zero-order valence-electron chi connectivity index (χ0n) is 19.2. The molecule has 15 heteroatoms. The van der Waals surface area contributed by atoms with Crippen molar-refractivity contribution in [2.45, 2.75) is 83.8 Å². The molecule has 1 saturated heterocycles. The van der Waals surface area contributed by atoms with Gasteiger partial charge in [-0.2, -0.15) is 0 Å². The Bertz CT molecular complexity index is 1050. The summed E-state index contributed by atoms with van der Waals surface area (Å²) in [5, 5.41) is 151. The van der Waals surface area contributed by atoms with Crippen LogP contribution in [0.25, 0.3) is 0 Å². The molecular weight excluding hydrogens is 504 g/mol. The molecule has 18 atom stereocenters. The molecular formula is C22H32O15. The van der Waals surface area contributed by atoms with E-state index in [1.807, 2.05) is 0 Å². The van der Waals surface area contributed by atoms with Gasteiger partial charge in [-0.1, -0.05) is 0 Å². The van der Waals surface area contributed by atoms with Crippen LogP contribution in [0.15, 0.2) is 0 Å². The second-order valence-corrected chi connectivity index (χ2v) is 12.6. The van der Waals surface area contributed by atoms with Gasteiger partial charge in [0.2, 0.25) is 11.6 Å². The topological polar surface area (TPSA) is 296 Å². The summed E-state index contributed by atoms with van der Waals surface area (Å²) in [6.45, 7) is 0. The maximum absolute atomic E-state index is 12.1. The van der Waals surface area contributed by atoms with Crippen LogP contribution in [-0.4, -0.2) is 142 Å². The van der Waals surface area contributed by atoms with Crippen molar-refractivity contribution in [3.8, 4) is 0 Å². The molecule has 210 valence electrons. The van der Waals surface area contributed by atoms with Crippen molar-refractivity contribution in [2.24, 2.45) is 47.3 Å². The van der Waals surface area contributed by atoms with Crippen molar-refractivity contribution in [3.63, 3.8) is 0 Å². The van der Waals surface area contributed by atoms with E-state index in [9.17, 15) is 71.5 Å². The lowest BCUT2D eigenvalue weighted by Crippen LogP contribution is -3.00. The van der Waals surface area contributed by atoms with Gasteiger partial charge >= 0.3 is 0 Å². The van der Waals surface area contributed by atoms with E-state index in [2.05, 4.69) is 0 Å². The van der Waals surface area contributed by atoms with Crippen LogP contribution < -0.4 is 0 Å². The first-order valence-electron chi connectivity index (χ1n) is 12.4. The Morgan fingerprint density at radius 3 is 1.86 bits per heavy atom. The molecule has 0 radical (unpaired) electrons. The molecule has 18 unspecified atom stereocenters. The maximum Gasteiger partial charge on any atom is 0.281 e. The molecule has 1 spiro atoms. The summed E-state index contributed by atoms with van der Waals surface area (Å²) in [5.41, 5.74) is -7.47. The second kappa shape index (κ2) is 6.48. The van der Waals surface area contributed by atoms with Gasteiger partial charge in [-0.3, -0.25) is 0 Å². The second-order valence-electron chi connectivity index (χ2n) is 12.6. The number of epoxide rings is 1. The van der Waals surface area contributed by atoms with Gasteiger partial charge in [0.1, 0.15) is 29.5 Å². The fraction of sp³-hybridized carbons (Fsp3) is 1.00. The van der Waals surface area contributed by atoms with Crippen molar-refractivity contribution in [2.75, 3.05) is 0 Å². The van der Waals surface area contributed by atoms with Gasteiger partial charge in [-0.05, 0) is 30.6 Å². The summed E-state index contributed by atoms with van der Waals surface area (Å²) in [5.74, 6) is -21.5. The molecule has 7 fully saturated rings. The number of rotatable bonds is 2. The van der Waals surface area contributed by atoms with E-state index in [0.29, 0.717) is 0 Å². The smallest absolute Gasteiger partial charge is 0.281 e. The van der Waals surface area contributed by atoms with Crippen LogP contribution in [-0.2, 0) is 4.74 Å². The van der Waals surface area contributed by atoms with Gasteiger partial charge in [0.25, 0.3) is 5.97 Å². The Labute approximate surface area is 208 Å². The summed E-state index contributed by atoms with van der Waals surface area (Å²) in [7, 11) is 0. The van der Waals surface area contributed by atoms with Crippen LogP contribution in [0.5, 0.6) is 0 Å². The van der Waals surface area contributed by atoms with Crippen molar-refractivity contribution in [1.82, 2.24) is 0 Å². The third-order valence-corrected chi connectivity index (χ3v) is 11.5. The first-order valence-corrected chi connectivity index (χ1v) is 12.4. The van der Waals surface area contributed by atoms with Crippen molar-refractivity contribution >= 4 is 0 Å². The molecule has 1 heterocycles. The van der Waals surface area contributed by atoms with E-state index >= 15 is 0 Å². The molecule has 37 heavy (non-hydrogen) atoms. The van der Waals surface area contributed by atoms with Gasteiger partial charge < -0.3 is 76.2 Å². The molecule has 0 aromatic heterocycles. The zero-order valence-corrected chi connectivity index (χ0v) is 19.2. The van der Waals surface area contributed by atoms with Crippen LogP contribution in [0.4, 0.5) is 0 Å². The van der Waals surface area contributed by atoms with Crippen LogP contribution in [0.3, 0.4) is 0 Å². The van der Waals surface area contributed by atoms with Crippen LogP contribution in [0.1, 0.15) is 12.8 Å². The highest BCUT2D eigenvalue weighted by molar-refractivity contribution is 5.51. The lowest BCUT2D eigenvalue weighted by atomic mass is 9.23. The van der Waals surface area contributed by atoms with Gasteiger partial charge in [0, 0.05) is 17.8 Å². The molecule has 0 aromatic rings. The Hall–Kier alpha value is -0.600. The molecule has 0 aromatic carbocycles. The summed E-state index contributed by atoms with van der Waals surface area (Å²) in [6, 6.07) is 0. The number of hydrogen-bond donors (Lipinski definition) is 14. The summed E-state index contributed by atoms with van der Waals surface area (Å²) in [4.78, 5) is 0. The molecule has 1 aliphatic heterocycles. The average Bonchev–Trinajstić information content (AvgIpc) is 3.27. The Balaban J connectivity index is 1.43. The van der Waals surface area contributed by atoms with E-state index in [-0.39, 0.29) is 12.8 Å². The van der Waals surface area contributed by atoms with Crippen molar-refractivity contribution < 1.29 is 76.2 Å². The van der Waals surface area contributed by atoms with E-state index in [4.69, 9.17) is 4.74 Å². The number of aliphatic hydroxyl groups is 14. The summed E-state index contributed by atoms with van der Waals surface area (Å²) < 4.78 is 5.42. The Morgan fingerprint density at radius 2 is 1.27 bits per heavy atom. The van der Waals surface area contributed by atoms with Gasteiger partial charge in [-0.15, -0.1) is 0 Å². The standard InChI is InChI=1S/C22H32O15/c23-4-2-1-3-5(9(25)11(27)10(26)8(3)24)6(4)12-17(29)13-7(14(17)22(34,35)36)21(33)19(13,37-21)15-18(12,30)16(28)20(15,31)32/h3-16,23-36H,1-2H2. The molecule has 0 amide bonds. The van der Waals surface area contributed by atoms with E-state index < -0.39 is 118 Å². The SMILES string of the molecule is OC1CCC2C(O)C(O)C(O)C(O)C2C1C1C2(O)C(C(O)(O)O)C3C2C2(OC32O)C2C(O)(O)C(O)C12O. The summed E-state index contributed by atoms with van der Waals surface area (Å²) in [6.07, 6.45) is -11.2. The van der Waals surface area contributed by atoms with Crippen LogP contribution in [0, 0.1) is 47.3 Å². The van der Waals surface area contributed by atoms with E-state index in [1.165, 1.54) is 0 Å². The van der Waals surface area contributed by atoms with Crippen molar-refractivity contribution in [3.05, 3.63) is 0 Å². The molecule has 6 aliphatic carbocycles. The van der Waals surface area contributed by atoms with Crippen molar-refractivity contribution in [1.29, 1.82) is 0 Å². The number of aliphatic hydroxyl groups excluding tert-OH is 6. The molecule has 6 saturated carbocycles. The molecule has 7 rings (SSSR count). The minimum Gasteiger partial charge on any atom is -0.393 e. The fourth-order valence-electron chi connectivity index (χ4n) is 10.4. The first-order chi connectivity index (χ1) is 16.9. The average molecular weight is 536 g/mol.